The second-order valence-electron chi connectivity index (χ2n) is 3.96. The van der Waals surface area contributed by atoms with Gasteiger partial charge in [0.1, 0.15) is 0 Å². The Bertz CT molecular complexity index is 263. The van der Waals surface area contributed by atoms with E-state index in [0.717, 1.165) is 11.3 Å². The first-order valence-corrected chi connectivity index (χ1v) is 4.10. The highest BCUT2D eigenvalue weighted by atomic mass is 16.3. The largest absolute Gasteiger partial charge is 0.392 e. The van der Waals surface area contributed by atoms with Crippen molar-refractivity contribution in [3.05, 3.63) is 29.6 Å². The number of hydrogen-bond donors (Lipinski definition) is 1. The number of nitrogens with zero attached hydrogens (tertiary/aromatic N) is 1. The molecule has 12 heavy (non-hydrogen) atoms. The maximum Gasteiger partial charge on any atom is 0.0683 e. The minimum absolute atomic E-state index is 0.0607. The lowest BCUT2D eigenvalue weighted by Crippen LogP contribution is -2.13. The zero-order chi connectivity index (χ0) is 9.19. The second-order valence-corrected chi connectivity index (χ2v) is 3.96. The molecule has 0 aliphatic heterocycles. The second kappa shape index (κ2) is 3.23. The lowest BCUT2D eigenvalue weighted by Gasteiger charge is -2.17. The maximum absolute atomic E-state index is 8.90. The summed E-state index contributed by atoms with van der Waals surface area (Å²) in [6, 6.07) is 3.77. The highest BCUT2D eigenvalue weighted by Gasteiger charge is 2.14. The first-order valence-electron chi connectivity index (χ1n) is 4.10. The average Bonchev–Trinajstić information content (AvgIpc) is 2.03. The third kappa shape index (κ3) is 2.05. The van der Waals surface area contributed by atoms with Gasteiger partial charge in [0.25, 0.3) is 0 Å². The molecule has 0 bridgehead atoms. The maximum atomic E-state index is 8.90. The van der Waals surface area contributed by atoms with Crippen LogP contribution in [0.4, 0.5) is 0 Å². The average molecular weight is 165 g/mol. The molecule has 0 aromatic carbocycles. The number of rotatable bonds is 1. The van der Waals surface area contributed by atoms with Gasteiger partial charge in [-0.3, -0.25) is 4.98 Å². The summed E-state index contributed by atoms with van der Waals surface area (Å²) in [7, 11) is 0. The number of aliphatic hydroxyl groups excluding tert-OH is 1. The monoisotopic (exact) mass is 165 g/mol. The molecule has 0 amide bonds. The van der Waals surface area contributed by atoms with E-state index in [1.54, 1.807) is 6.20 Å². The van der Waals surface area contributed by atoms with Crippen molar-refractivity contribution in [2.24, 2.45) is 0 Å². The number of hydrogen-bond acceptors (Lipinski definition) is 2. The standard InChI is InChI=1S/C10H15NO/c1-10(2,3)9-6-8(7-12)4-5-11-9/h4-6,12H,7H2,1-3H3. The van der Waals surface area contributed by atoms with E-state index < -0.39 is 0 Å². The smallest absolute Gasteiger partial charge is 0.0683 e. The van der Waals surface area contributed by atoms with Crippen LogP contribution < -0.4 is 0 Å². The zero-order valence-corrected chi connectivity index (χ0v) is 7.83. The van der Waals surface area contributed by atoms with Gasteiger partial charge in [-0.25, -0.2) is 0 Å². The van der Waals surface area contributed by atoms with E-state index in [-0.39, 0.29) is 12.0 Å². The van der Waals surface area contributed by atoms with Gasteiger partial charge >= 0.3 is 0 Å². The topological polar surface area (TPSA) is 33.1 Å². The van der Waals surface area contributed by atoms with Crippen LogP contribution >= 0.6 is 0 Å². The summed E-state index contributed by atoms with van der Waals surface area (Å²) in [5, 5.41) is 8.90. The van der Waals surface area contributed by atoms with Crippen molar-refractivity contribution < 1.29 is 5.11 Å². The van der Waals surface area contributed by atoms with E-state index in [2.05, 4.69) is 25.8 Å². The minimum Gasteiger partial charge on any atom is -0.392 e. The van der Waals surface area contributed by atoms with Gasteiger partial charge in [-0.05, 0) is 17.7 Å². The van der Waals surface area contributed by atoms with Gasteiger partial charge in [0.15, 0.2) is 0 Å². The fourth-order valence-corrected chi connectivity index (χ4v) is 0.983. The Morgan fingerprint density at radius 1 is 1.42 bits per heavy atom. The summed E-state index contributed by atoms with van der Waals surface area (Å²) in [5.74, 6) is 0. The molecule has 0 spiro atoms. The Balaban J connectivity index is 3.02. The molecule has 2 nitrogen and oxygen atoms in total. The van der Waals surface area contributed by atoms with E-state index in [0.29, 0.717) is 0 Å². The molecule has 0 unspecified atom stereocenters. The van der Waals surface area contributed by atoms with Crippen molar-refractivity contribution in [1.82, 2.24) is 4.98 Å². The fraction of sp³-hybridized carbons (Fsp3) is 0.500. The summed E-state index contributed by atoms with van der Waals surface area (Å²) in [6.45, 7) is 6.41. The van der Waals surface area contributed by atoms with Crippen molar-refractivity contribution in [2.45, 2.75) is 32.8 Å². The van der Waals surface area contributed by atoms with E-state index in [1.807, 2.05) is 12.1 Å². The quantitative estimate of drug-likeness (QED) is 0.689. The molecule has 0 aliphatic rings. The molecule has 1 aromatic rings. The van der Waals surface area contributed by atoms with Crippen LogP contribution in [-0.4, -0.2) is 10.1 Å². The van der Waals surface area contributed by atoms with E-state index >= 15 is 0 Å². The zero-order valence-electron chi connectivity index (χ0n) is 7.83. The molecule has 0 saturated carbocycles. The molecule has 0 fully saturated rings. The Morgan fingerprint density at radius 3 is 2.58 bits per heavy atom. The van der Waals surface area contributed by atoms with Crippen LogP contribution in [0, 0.1) is 0 Å². The van der Waals surface area contributed by atoms with Gasteiger partial charge in [0, 0.05) is 17.3 Å². The number of aliphatic hydroxyl groups is 1. The van der Waals surface area contributed by atoms with Crippen LogP contribution in [0.5, 0.6) is 0 Å². The predicted molar refractivity (Wildman–Crippen MR) is 48.9 cm³/mol. The molecule has 2 heteroatoms. The highest BCUT2D eigenvalue weighted by molar-refractivity contribution is 5.20. The van der Waals surface area contributed by atoms with Gasteiger partial charge in [-0.2, -0.15) is 0 Å². The molecule has 1 rings (SSSR count). The third-order valence-corrected chi connectivity index (χ3v) is 1.78. The highest BCUT2D eigenvalue weighted by Crippen LogP contribution is 2.20. The molecule has 1 N–H and O–H groups in total. The van der Waals surface area contributed by atoms with Crippen LogP contribution in [0.15, 0.2) is 18.3 Å². The summed E-state index contributed by atoms with van der Waals surface area (Å²) in [5.41, 5.74) is 2.01. The lowest BCUT2D eigenvalue weighted by atomic mass is 9.91. The Morgan fingerprint density at radius 2 is 2.08 bits per heavy atom. The molecule has 0 atom stereocenters. The van der Waals surface area contributed by atoms with Crippen molar-refractivity contribution in [3.63, 3.8) is 0 Å². The number of pyridine rings is 1. The Kier molecular flexibility index (Phi) is 2.48. The van der Waals surface area contributed by atoms with Crippen molar-refractivity contribution >= 4 is 0 Å². The first kappa shape index (κ1) is 9.20. The summed E-state index contributed by atoms with van der Waals surface area (Å²) in [4.78, 5) is 4.25. The van der Waals surface area contributed by atoms with Crippen LogP contribution in [0.3, 0.4) is 0 Å². The van der Waals surface area contributed by atoms with Crippen molar-refractivity contribution in [2.75, 3.05) is 0 Å². The van der Waals surface area contributed by atoms with Crippen molar-refractivity contribution in [1.29, 1.82) is 0 Å². The molecular formula is C10H15NO. The normalized spacial score (nSPS) is 11.7. The Hall–Kier alpha value is -0.890. The number of aromatic nitrogens is 1. The first-order chi connectivity index (χ1) is 5.54. The van der Waals surface area contributed by atoms with Crippen molar-refractivity contribution in [3.8, 4) is 0 Å². The van der Waals surface area contributed by atoms with Gasteiger partial charge < -0.3 is 5.11 Å². The summed E-state index contributed by atoms with van der Waals surface area (Å²) < 4.78 is 0. The molecule has 1 aromatic heterocycles. The molecule has 0 radical (unpaired) electrons. The SMILES string of the molecule is CC(C)(C)c1cc(CO)ccn1. The molecule has 0 saturated heterocycles. The van der Waals surface area contributed by atoms with Crippen LogP contribution in [-0.2, 0) is 12.0 Å². The molecule has 1 heterocycles. The molecule has 0 aliphatic carbocycles. The summed E-state index contributed by atoms with van der Waals surface area (Å²) in [6.07, 6.45) is 1.74. The lowest BCUT2D eigenvalue weighted by molar-refractivity contribution is 0.281. The van der Waals surface area contributed by atoms with Gasteiger partial charge in [0.05, 0.1) is 6.61 Å². The summed E-state index contributed by atoms with van der Waals surface area (Å²) >= 11 is 0. The minimum atomic E-state index is 0.0607. The van der Waals surface area contributed by atoms with Crippen LogP contribution in [0.25, 0.3) is 0 Å². The predicted octanol–water partition coefficient (Wildman–Crippen LogP) is 1.87. The van der Waals surface area contributed by atoms with Gasteiger partial charge in [-0.15, -0.1) is 0 Å². The fourth-order valence-electron chi connectivity index (χ4n) is 0.983. The van der Waals surface area contributed by atoms with E-state index in [9.17, 15) is 0 Å². The van der Waals surface area contributed by atoms with Crippen LogP contribution in [0.2, 0.25) is 0 Å². The van der Waals surface area contributed by atoms with E-state index in [1.165, 1.54) is 0 Å². The molecule has 66 valence electrons. The third-order valence-electron chi connectivity index (χ3n) is 1.78. The van der Waals surface area contributed by atoms with Gasteiger partial charge in [-0.1, -0.05) is 20.8 Å². The van der Waals surface area contributed by atoms with Crippen LogP contribution in [0.1, 0.15) is 32.0 Å². The Labute approximate surface area is 73.3 Å². The van der Waals surface area contributed by atoms with Gasteiger partial charge in [0.2, 0.25) is 0 Å². The molecular weight excluding hydrogens is 150 g/mol. The van der Waals surface area contributed by atoms with E-state index in [4.69, 9.17) is 5.11 Å².